The van der Waals surface area contributed by atoms with Crippen LogP contribution in [0.1, 0.15) is 18.4 Å². The molecule has 1 fully saturated rings. The Labute approximate surface area is 161 Å². The Kier molecular flexibility index (Phi) is 7.51. The van der Waals surface area contributed by atoms with Crippen LogP contribution in [0.3, 0.4) is 0 Å². The molecule has 1 unspecified atom stereocenters. The van der Waals surface area contributed by atoms with E-state index in [1.165, 1.54) is 5.56 Å². The van der Waals surface area contributed by atoms with Crippen LogP contribution in [0.25, 0.3) is 0 Å². The molecular weight excluding hydrogens is 340 g/mol. The van der Waals surface area contributed by atoms with Gasteiger partial charge in [-0.05, 0) is 55.8 Å². The summed E-state index contributed by atoms with van der Waals surface area (Å²) in [5, 5.41) is 13.6. The van der Waals surface area contributed by atoms with E-state index >= 15 is 0 Å². The zero-order valence-electron chi connectivity index (χ0n) is 16.0. The van der Waals surface area contributed by atoms with E-state index in [0.717, 1.165) is 44.0 Å². The van der Waals surface area contributed by atoms with Gasteiger partial charge in [0.25, 0.3) is 0 Å². The van der Waals surface area contributed by atoms with Crippen molar-refractivity contribution in [1.29, 1.82) is 0 Å². The quantitative estimate of drug-likeness (QED) is 0.711. The summed E-state index contributed by atoms with van der Waals surface area (Å²) in [6.07, 6.45) is 1.70. The molecule has 5 nitrogen and oxygen atoms in total. The van der Waals surface area contributed by atoms with Gasteiger partial charge in [-0.25, -0.2) is 0 Å². The van der Waals surface area contributed by atoms with Crippen LogP contribution < -0.4 is 14.8 Å². The minimum atomic E-state index is -0.519. The minimum Gasteiger partial charge on any atom is -0.497 e. The molecule has 0 spiro atoms. The van der Waals surface area contributed by atoms with E-state index in [2.05, 4.69) is 40.5 Å². The average Bonchev–Trinajstić information content (AvgIpc) is 2.73. The number of nitrogens with zero attached hydrogens (tertiary/aromatic N) is 1. The van der Waals surface area contributed by atoms with Crippen molar-refractivity contribution in [2.24, 2.45) is 0 Å². The third-order valence-electron chi connectivity index (χ3n) is 4.98. The summed E-state index contributed by atoms with van der Waals surface area (Å²) in [6, 6.07) is 18.5. The van der Waals surface area contributed by atoms with Gasteiger partial charge in [0.1, 0.15) is 24.2 Å². The van der Waals surface area contributed by atoms with E-state index in [4.69, 9.17) is 9.47 Å². The first-order chi connectivity index (χ1) is 13.2. The molecule has 5 heteroatoms. The van der Waals surface area contributed by atoms with Crippen LogP contribution in [0.5, 0.6) is 11.5 Å². The van der Waals surface area contributed by atoms with Gasteiger partial charge in [0, 0.05) is 19.1 Å². The van der Waals surface area contributed by atoms with Gasteiger partial charge in [-0.15, -0.1) is 0 Å². The summed E-state index contributed by atoms with van der Waals surface area (Å²) in [4.78, 5) is 2.50. The molecule has 1 atom stereocenters. The summed E-state index contributed by atoms with van der Waals surface area (Å²) in [6.45, 7) is 4.04. The van der Waals surface area contributed by atoms with Crippen molar-refractivity contribution in [2.75, 3.05) is 33.4 Å². The summed E-state index contributed by atoms with van der Waals surface area (Å²) in [7, 11) is 1.64. The van der Waals surface area contributed by atoms with Crippen molar-refractivity contribution in [3.8, 4) is 11.5 Å². The Balaban J connectivity index is 1.31. The van der Waals surface area contributed by atoms with Crippen molar-refractivity contribution in [2.45, 2.75) is 31.5 Å². The van der Waals surface area contributed by atoms with Crippen molar-refractivity contribution in [1.82, 2.24) is 10.2 Å². The predicted molar refractivity (Wildman–Crippen MR) is 107 cm³/mol. The van der Waals surface area contributed by atoms with Crippen LogP contribution in [0, 0.1) is 0 Å². The van der Waals surface area contributed by atoms with Gasteiger partial charge >= 0.3 is 0 Å². The molecule has 2 aromatic carbocycles. The highest BCUT2D eigenvalue weighted by atomic mass is 16.5. The zero-order valence-corrected chi connectivity index (χ0v) is 16.0. The van der Waals surface area contributed by atoms with Gasteiger partial charge in [0.15, 0.2) is 0 Å². The lowest BCUT2D eigenvalue weighted by molar-refractivity contribution is 0.0979. The molecule has 1 aliphatic rings. The van der Waals surface area contributed by atoms with Crippen molar-refractivity contribution in [3.63, 3.8) is 0 Å². The highest BCUT2D eigenvalue weighted by Gasteiger charge is 2.19. The largest absolute Gasteiger partial charge is 0.497 e. The number of aliphatic hydroxyl groups is 1. The third-order valence-corrected chi connectivity index (χ3v) is 4.98. The molecule has 0 aromatic heterocycles. The number of piperidine rings is 1. The Morgan fingerprint density at radius 3 is 2.37 bits per heavy atom. The lowest BCUT2D eigenvalue weighted by Gasteiger charge is -2.33. The van der Waals surface area contributed by atoms with Crippen LogP contribution in [0.2, 0.25) is 0 Å². The standard InChI is InChI=1S/C22H30N2O3/c1-26-21-7-9-22(10-8-21)27-17-20(25)15-23-19-11-13-24(14-12-19)16-18-5-3-2-4-6-18/h2-10,19-20,23,25H,11-17H2,1H3. The second-order valence-electron chi connectivity index (χ2n) is 7.08. The number of ether oxygens (including phenoxy) is 2. The molecule has 3 rings (SSSR count). The first-order valence-electron chi connectivity index (χ1n) is 9.67. The van der Waals surface area contributed by atoms with Crippen LogP contribution >= 0.6 is 0 Å². The summed E-state index contributed by atoms with van der Waals surface area (Å²) >= 11 is 0. The molecule has 1 heterocycles. The van der Waals surface area contributed by atoms with Crippen molar-refractivity contribution in [3.05, 3.63) is 60.2 Å². The molecule has 0 amide bonds. The Morgan fingerprint density at radius 2 is 1.70 bits per heavy atom. The zero-order chi connectivity index (χ0) is 18.9. The van der Waals surface area contributed by atoms with Crippen LogP contribution in [-0.4, -0.2) is 55.5 Å². The lowest BCUT2D eigenvalue weighted by Crippen LogP contribution is -2.45. The average molecular weight is 370 g/mol. The van der Waals surface area contributed by atoms with Gasteiger partial charge in [0.2, 0.25) is 0 Å². The highest BCUT2D eigenvalue weighted by molar-refractivity contribution is 5.31. The fourth-order valence-corrected chi connectivity index (χ4v) is 3.36. The number of nitrogens with one attached hydrogen (secondary N) is 1. The maximum absolute atomic E-state index is 10.2. The van der Waals surface area contributed by atoms with E-state index in [0.29, 0.717) is 12.6 Å². The third kappa shape index (κ3) is 6.54. The van der Waals surface area contributed by atoms with Crippen LogP contribution in [0.4, 0.5) is 0 Å². The SMILES string of the molecule is COc1ccc(OCC(O)CNC2CCN(Cc3ccccc3)CC2)cc1. The van der Waals surface area contributed by atoms with Crippen LogP contribution in [-0.2, 0) is 6.54 Å². The first-order valence-corrected chi connectivity index (χ1v) is 9.67. The molecule has 1 saturated heterocycles. The van der Waals surface area contributed by atoms with E-state index in [1.807, 2.05) is 24.3 Å². The molecule has 2 aromatic rings. The maximum Gasteiger partial charge on any atom is 0.119 e. The van der Waals surface area contributed by atoms with Crippen LogP contribution in [0.15, 0.2) is 54.6 Å². The van der Waals surface area contributed by atoms with Crippen molar-refractivity contribution < 1.29 is 14.6 Å². The second kappa shape index (κ2) is 10.3. The molecular formula is C22H30N2O3. The summed E-state index contributed by atoms with van der Waals surface area (Å²) in [5.41, 5.74) is 1.37. The molecule has 146 valence electrons. The predicted octanol–water partition coefficient (Wildman–Crippen LogP) is 2.69. The number of rotatable bonds is 9. The summed E-state index contributed by atoms with van der Waals surface area (Å²) in [5.74, 6) is 1.53. The smallest absolute Gasteiger partial charge is 0.119 e. The molecule has 0 radical (unpaired) electrons. The Morgan fingerprint density at radius 1 is 1.04 bits per heavy atom. The monoisotopic (exact) mass is 370 g/mol. The van der Waals surface area contributed by atoms with E-state index < -0.39 is 6.10 Å². The van der Waals surface area contributed by atoms with E-state index in [1.54, 1.807) is 7.11 Å². The topological polar surface area (TPSA) is 54.0 Å². The molecule has 0 bridgehead atoms. The molecule has 2 N–H and O–H groups in total. The van der Waals surface area contributed by atoms with Gasteiger partial charge in [0.05, 0.1) is 7.11 Å². The Hall–Kier alpha value is -2.08. The molecule has 27 heavy (non-hydrogen) atoms. The Bertz CT molecular complexity index is 655. The van der Waals surface area contributed by atoms with E-state index in [-0.39, 0.29) is 6.61 Å². The fraction of sp³-hybridized carbons (Fsp3) is 0.455. The normalized spacial score (nSPS) is 16.8. The van der Waals surface area contributed by atoms with Gasteiger partial charge < -0.3 is 19.9 Å². The van der Waals surface area contributed by atoms with Gasteiger partial charge in [-0.1, -0.05) is 30.3 Å². The van der Waals surface area contributed by atoms with Gasteiger partial charge in [-0.2, -0.15) is 0 Å². The maximum atomic E-state index is 10.2. The molecule has 1 aliphatic heterocycles. The first kappa shape index (κ1) is 19.7. The summed E-state index contributed by atoms with van der Waals surface area (Å²) < 4.78 is 10.8. The number of likely N-dealkylation sites (tertiary alicyclic amines) is 1. The number of hydrogen-bond donors (Lipinski definition) is 2. The van der Waals surface area contributed by atoms with Crippen molar-refractivity contribution >= 4 is 0 Å². The lowest BCUT2D eigenvalue weighted by atomic mass is 10.0. The fourth-order valence-electron chi connectivity index (χ4n) is 3.36. The molecule has 0 aliphatic carbocycles. The number of methoxy groups -OCH3 is 1. The highest BCUT2D eigenvalue weighted by Crippen LogP contribution is 2.17. The number of aliphatic hydroxyl groups excluding tert-OH is 1. The van der Waals surface area contributed by atoms with Gasteiger partial charge in [-0.3, -0.25) is 4.90 Å². The number of benzene rings is 2. The minimum absolute atomic E-state index is 0.284. The van der Waals surface area contributed by atoms with E-state index in [9.17, 15) is 5.11 Å². The molecule has 0 saturated carbocycles. The number of hydrogen-bond acceptors (Lipinski definition) is 5. The second-order valence-corrected chi connectivity index (χ2v) is 7.08.